The van der Waals surface area contributed by atoms with E-state index in [1.807, 2.05) is 0 Å². The molecule has 2 aromatic carbocycles. The molecule has 0 saturated carbocycles. The summed E-state index contributed by atoms with van der Waals surface area (Å²) in [4.78, 5) is 0. The number of hydrogen-bond donors (Lipinski definition) is 0. The highest BCUT2D eigenvalue weighted by Crippen LogP contribution is 2.29. The third-order valence-corrected chi connectivity index (χ3v) is 7.82. The van der Waals surface area contributed by atoms with Gasteiger partial charge in [-0.2, -0.15) is 0 Å². The number of rotatable bonds is 1. The molecule has 0 unspecified atom stereocenters. The SMILES string of the molecule is CC(C)c1ccc2c(c1)[Si](C)(C)c1ccccc1-2. The molecule has 0 fully saturated rings. The molecule has 3 rings (SSSR count). The fourth-order valence-electron chi connectivity index (χ4n) is 3.08. The smallest absolute Gasteiger partial charge is 0.0623 e. The molecule has 2 aromatic rings. The highest BCUT2D eigenvalue weighted by molar-refractivity contribution is 7.03. The number of fused-ring (bicyclic) bond motifs is 3. The lowest BCUT2D eigenvalue weighted by Gasteiger charge is -2.19. The third-order valence-electron chi connectivity index (χ3n) is 4.27. The Kier molecular flexibility index (Phi) is 2.49. The van der Waals surface area contributed by atoms with Crippen molar-refractivity contribution in [3.8, 4) is 11.1 Å². The van der Waals surface area contributed by atoms with Gasteiger partial charge in [0.2, 0.25) is 0 Å². The standard InChI is InChI=1S/C17H20Si/c1-12(2)13-9-10-15-14-7-5-6-8-16(14)18(3,4)17(15)11-13/h5-12H,1-4H3. The molecule has 0 bridgehead atoms. The second kappa shape index (κ2) is 3.82. The van der Waals surface area contributed by atoms with E-state index >= 15 is 0 Å². The monoisotopic (exact) mass is 252 g/mol. The average Bonchev–Trinajstić information content (AvgIpc) is 2.59. The van der Waals surface area contributed by atoms with Gasteiger partial charge in [0.25, 0.3) is 0 Å². The van der Waals surface area contributed by atoms with Crippen LogP contribution in [0.4, 0.5) is 0 Å². The van der Waals surface area contributed by atoms with Crippen molar-refractivity contribution in [1.29, 1.82) is 0 Å². The number of benzene rings is 2. The summed E-state index contributed by atoms with van der Waals surface area (Å²) in [6.45, 7) is 9.50. The summed E-state index contributed by atoms with van der Waals surface area (Å²) >= 11 is 0. The first-order chi connectivity index (χ1) is 8.51. The van der Waals surface area contributed by atoms with Gasteiger partial charge in [0, 0.05) is 0 Å². The molecule has 0 saturated heterocycles. The molecule has 0 aliphatic carbocycles. The van der Waals surface area contributed by atoms with Gasteiger partial charge in [0.05, 0.1) is 0 Å². The molecular weight excluding hydrogens is 232 g/mol. The maximum Gasteiger partial charge on any atom is 0.113 e. The topological polar surface area (TPSA) is 0 Å². The Labute approximate surface area is 111 Å². The van der Waals surface area contributed by atoms with E-state index in [0.717, 1.165) is 0 Å². The lowest BCUT2D eigenvalue weighted by Crippen LogP contribution is -2.49. The second-order valence-electron chi connectivity index (χ2n) is 6.13. The van der Waals surface area contributed by atoms with Gasteiger partial charge < -0.3 is 0 Å². The summed E-state index contributed by atoms with van der Waals surface area (Å²) < 4.78 is 0. The molecule has 0 nitrogen and oxygen atoms in total. The first-order valence-electron chi connectivity index (χ1n) is 6.76. The second-order valence-corrected chi connectivity index (χ2v) is 10.5. The van der Waals surface area contributed by atoms with E-state index in [0.29, 0.717) is 5.92 Å². The van der Waals surface area contributed by atoms with E-state index in [1.54, 1.807) is 10.4 Å². The zero-order chi connectivity index (χ0) is 12.9. The van der Waals surface area contributed by atoms with Crippen molar-refractivity contribution in [3.05, 3.63) is 48.0 Å². The Hall–Kier alpha value is -1.34. The van der Waals surface area contributed by atoms with Gasteiger partial charge in [0.1, 0.15) is 8.07 Å². The summed E-state index contributed by atoms with van der Waals surface area (Å²) in [5.74, 6) is 0.615. The molecule has 1 aliphatic heterocycles. The van der Waals surface area contributed by atoms with Crippen LogP contribution >= 0.6 is 0 Å². The Morgan fingerprint density at radius 2 is 1.50 bits per heavy atom. The van der Waals surface area contributed by atoms with Gasteiger partial charge in [-0.3, -0.25) is 0 Å². The fraction of sp³-hybridized carbons (Fsp3) is 0.294. The van der Waals surface area contributed by atoms with E-state index in [9.17, 15) is 0 Å². The predicted molar refractivity (Wildman–Crippen MR) is 82.7 cm³/mol. The largest absolute Gasteiger partial charge is 0.113 e. The van der Waals surface area contributed by atoms with Crippen LogP contribution in [0, 0.1) is 0 Å². The molecule has 0 amide bonds. The van der Waals surface area contributed by atoms with Crippen molar-refractivity contribution in [2.75, 3.05) is 0 Å². The molecule has 0 N–H and O–H groups in total. The maximum atomic E-state index is 2.47. The molecule has 0 atom stereocenters. The van der Waals surface area contributed by atoms with Crippen LogP contribution in [0.15, 0.2) is 42.5 Å². The quantitative estimate of drug-likeness (QED) is 0.680. The van der Waals surface area contributed by atoms with E-state index in [-0.39, 0.29) is 0 Å². The van der Waals surface area contributed by atoms with E-state index in [4.69, 9.17) is 0 Å². The van der Waals surface area contributed by atoms with Crippen LogP contribution in [0.1, 0.15) is 25.3 Å². The molecular formula is C17H20Si. The molecule has 1 aliphatic rings. The van der Waals surface area contributed by atoms with Crippen LogP contribution in [-0.4, -0.2) is 8.07 Å². The minimum Gasteiger partial charge on any atom is -0.0623 e. The lowest BCUT2D eigenvalue weighted by atomic mass is 9.99. The zero-order valence-electron chi connectivity index (χ0n) is 11.6. The normalized spacial score (nSPS) is 15.6. The molecule has 18 heavy (non-hydrogen) atoms. The molecule has 1 heteroatoms. The van der Waals surface area contributed by atoms with Crippen molar-refractivity contribution in [1.82, 2.24) is 0 Å². The van der Waals surface area contributed by atoms with Gasteiger partial charge in [-0.25, -0.2) is 0 Å². The summed E-state index contributed by atoms with van der Waals surface area (Å²) in [7, 11) is -1.46. The van der Waals surface area contributed by atoms with Gasteiger partial charge in [-0.15, -0.1) is 0 Å². The van der Waals surface area contributed by atoms with Crippen molar-refractivity contribution < 1.29 is 0 Å². The zero-order valence-corrected chi connectivity index (χ0v) is 12.6. The summed E-state index contributed by atoms with van der Waals surface area (Å²) in [6.07, 6.45) is 0. The summed E-state index contributed by atoms with van der Waals surface area (Å²) in [6, 6.07) is 16.1. The van der Waals surface area contributed by atoms with Crippen LogP contribution in [0.3, 0.4) is 0 Å². The summed E-state index contributed by atoms with van der Waals surface area (Å²) in [5, 5.41) is 3.22. The maximum absolute atomic E-state index is 2.47. The average molecular weight is 252 g/mol. The predicted octanol–water partition coefficient (Wildman–Crippen LogP) is 3.61. The molecule has 0 radical (unpaired) electrons. The van der Waals surface area contributed by atoms with Gasteiger partial charge in [-0.1, -0.05) is 69.4 Å². The van der Waals surface area contributed by atoms with Crippen LogP contribution < -0.4 is 10.4 Å². The molecule has 0 aromatic heterocycles. The van der Waals surface area contributed by atoms with E-state index in [2.05, 4.69) is 69.4 Å². The minimum atomic E-state index is -1.46. The van der Waals surface area contributed by atoms with E-state index in [1.165, 1.54) is 16.7 Å². The Morgan fingerprint density at radius 1 is 0.833 bits per heavy atom. The van der Waals surface area contributed by atoms with Crippen molar-refractivity contribution >= 4 is 18.4 Å². The first kappa shape index (κ1) is 11.7. The highest BCUT2D eigenvalue weighted by Gasteiger charge is 2.37. The van der Waals surface area contributed by atoms with Crippen LogP contribution in [0.5, 0.6) is 0 Å². The number of hydrogen-bond acceptors (Lipinski definition) is 0. The van der Waals surface area contributed by atoms with Gasteiger partial charge >= 0.3 is 0 Å². The minimum absolute atomic E-state index is 0.615. The van der Waals surface area contributed by atoms with Gasteiger partial charge in [-0.05, 0) is 33.0 Å². The van der Waals surface area contributed by atoms with Crippen LogP contribution in [0.25, 0.3) is 11.1 Å². The van der Waals surface area contributed by atoms with Crippen molar-refractivity contribution in [3.63, 3.8) is 0 Å². The molecule has 1 heterocycles. The van der Waals surface area contributed by atoms with Crippen LogP contribution in [-0.2, 0) is 0 Å². The lowest BCUT2D eigenvalue weighted by molar-refractivity contribution is 0.868. The Morgan fingerprint density at radius 3 is 2.22 bits per heavy atom. The first-order valence-corrected chi connectivity index (χ1v) is 9.76. The Bertz CT molecular complexity index is 609. The van der Waals surface area contributed by atoms with Gasteiger partial charge in [0.15, 0.2) is 0 Å². The highest BCUT2D eigenvalue weighted by atomic mass is 28.3. The molecule has 0 spiro atoms. The fourth-order valence-corrected chi connectivity index (χ4v) is 6.19. The van der Waals surface area contributed by atoms with Crippen molar-refractivity contribution in [2.45, 2.75) is 32.9 Å². The third kappa shape index (κ3) is 1.50. The summed E-state index contributed by atoms with van der Waals surface area (Å²) in [5.41, 5.74) is 4.42. The van der Waals surface area contributed by atoms with E-state index < -0.39 is 8.07 Å². The van der Waals surface area contributed by atoms with Crippen LogP contribution in [0.2, 0.25) is 13.1 Å². The molecule has 92 valence electrons. The Balaban J connectivity index is 2.28. The van der Waals surface area contributed by atoms with Crippen molar-refractivity contribution in [2.24, 2.45) is 0 Å².